The van der Waals surface area contributed by atoms with Crippen LogP contribution in [0.5, 0.6) is 11.5 Å². The van der Waals surface area contributed by atoms with Crippen molar-refractivity contribution in [1.29, 1.82) is 0 Å². The lowest BCUT2D eigenvalue weighted by molar-refractivity contribution is 0.103. The Labute approximate surface area is 118 Å². The van der Waals surface area contributed by atoms with Gasteiger partial charge in [-0.25, -0.2) is 0 Å². The van der Waals surface area contributed by atoms with Crippen LogP contribution in [-0.4, -0.2) is 16.0 Å². The summed E-state index contributed by atoms with van der Waals surface area (Å²) in [5.41, 5.74) is 2.19. The van der Waals surface area contributed by atoms with Crippen LogP contribution in [0.15, 0.2) is 36.4 Å². The second-order valence-corrected chi connectivity index (χ2v) is 4.65. The van der Waals surface area contributed by atoms with E-state index in [0.29, 0.717) is 17.5 Å². The Kier molecular flexibility index (Phi) is 4.08. The molecule has 2 aromatic rings. The number of hydrogen-bond donors (Lipinski definition) is 2. The molecule has 3 heteroatoms. The Hall–Kier alpha value is -2.29. The normalized spacial score (nSPS) is 10.5. The van der Waals surface area contributed by atoms with Crippen molar-refractivity contribution in [3.63, 3.8) is 0 Å². The summed E-state index contributed by atoms with van der Waals surface area (Å²) in [6, 6.07) is 10.3. The second-order valence-electron chi connectivity index (χ2n) is 4.65. The zero-order valence-electron chi connectivity index (χ0n) is 11.7. The summed E-state index contributed by atoms with van der Waals surface area (Å²) in [5, 5.41) is 19.9. The lowest BCUT2D eigenvalue weighted by Crippen LogP contribution is -2.06. The maximum absolute atomic E-state index is 12.6. The van der Waals surface area contributed by atoms with Crippen LogP contribution in [0.2, 0.25) is 0 Å². The Morgan fingerprint density at radius 1 is 0.950 bits per heavy atom. The Morgan fingerprint density at radius 3 is 2.30 bits per heavy atom. The van der Waals surface area contributed by atoms with Crippen LogP contribution in [0.1, 0.15) is 40.9 Å². The van der Waals surface area contributed by atoms with E-state index in [0.717, 1.165) is 12.0 Å². The predicted molar refractivity (Wildman–Crippen MR) is 78.4 cm³/mol. The maximum atomic E-state index is 12.6. The third kappa shape index (κ3) is 2.39. The zero-order valence-corrected chi connectivity index (χ0v) is 11.7. The molecule has 0 spiro atoms. The molecule has 3 nitrogen and oxygen atoms in total. The third-order valence-electron chi connectivity index (χ3n) is 3.50. The third-order valence-corrected chi connectivity index (χ3v) is 3.50. The first kappa shape index (κ1) is 14.1. The topological polar surface area (TPSA) is 57.5 Å². The highest BCUT2D eigenvalue weighted by Crippen LogP contribution is 2.32. The standard InChI is InChI=1S/C17H18O3/c1-3-11-7-5-6-8-13(11)17(20)14-9-10-15(18)12(4-2)16(14)19/h5-10,18-19H,3-4H2,1-2H3. The molecular formula is C17H18O3. The highest BCUT2D eigenvalue weighted by Gasteiger charge is 2.19. The molecule has 2 rings (SSSR count). The van der Waals surface area contributed by atoms with Crippen molar-refractivity contribution in [2.75, 3.05) is 0 Å². The summed E-state index contributed by atoms with van der Waals surface area (Å²) in [5.74, 6) is -0.316. The van der Waals surface area contributed by atoms with Crippen molar-refractivity contribution in [2.45, 2.75) is 26.7 Å². The van der Waals surface area contributed by atoms with E-state index >= 15 is 0 Å². The zero-order chi connectivity index (χ0) is 14.7. The van der Waals surface area contributed by atoms with Crippen LogP contribution >= 0.6 is 0 Å². The molecule has 0 aliphatic carbocycles. The number of phenols is 2. The number of hydrogen-bond acceptors (Lipinski definition) is 3. The molecular weight excluding hydrogens is 252 g/mol. The van der Waals surface area contributed by atoms with Crippen molar-refractivity contribution >= 4 is 5.78 Å². The summed E-state index contributed by atoms with van der Waals surface area (Å²) in [6.07, 6.45) is 1.22. The second kappa shape index (κ2) is 5.78. The minimum Gasteiger partial charge on any atom is -0.508 e. The van der Waals surface area contributed by atoms with Crippen molar-refractivity contribution in [2.24, 2.45) is 0 Å². The van der Waals surface area contributed by atoms with E-state index in [1.807, 2.05) is 32.0 Å². The van der Waals surface area contributed by atoms with Gasteiger partial charge < -0.3 is 10.2 Å². The van der Waals surface area contributed by atoms with Gasteiger partial charge in [0.25, 0.3) is 0 Å². The SMILES string of the molecule is CCc1ccccc1C(=O)c1ccc(O)c(CC)c1O. The molecule has 20 heavy (non-hydrogen) atoms. The molecule has 0 unspecified atom stereocenters. The van der Waals surface area contributed by atoms with Crippen LogP contribution < -0.4 is 0 Å². The summed E-state index contributed by atoms with van der Waals surface area (Å²) in [7, 11) is 0. The monoisotopic (exact) mass is 270 g/mol. The molecule has 0 fully saturated rings. The smallest absolute Gasteiger partial charge is 0.197 e. The van der Waals surface area contributed by atoms with Crippen LogP contribution in [0, 0.1) is 0 Å². The van der Waals surface area contributed by atoms with Crippen molar-refractivity contribution in [1.82, 2.24) is 0 Å². The van der Waals surface area contributed by atoms with Gasteiger partial charge in [-0.05, 0) is 30.5 Å². The molecule has 0 amide bonds. The fraction of sp³-hybridized carbons (Fsp3) is 0.235. The molecule has 0 bridgehead atoms. The largest absolute Gasteiger partial charge is 0.508 e. The first-order valence-corrected chi connectivity index (χ1v) is 6.76. The van der Waals surface area contributed by atoms with E-state index in [9.17, 15) is 15.0 Å². The quantitative estimate of drug-likeness (QED) is 0.836. The highest BCUT2D eigenvalue weighted by atomic mass is 16.3. The lowest BCUT2D eigenvalue weighted by atomic mass is 9.94. The maximum Gasteiger partial charge on any atom is 0.197 e. The van der Waals surface area contributed by atoms with Gasteiger partial charge in [0, 0.05) is 11.1 Å². The van der Waals surface area contributed by atoms with Gasteiger partial charge in [0.1, 0.15) is 11.5 Å². The Bertz CT molecular complexity index is 645. The van der Waals surface area contributed by atoms with Crippen LogP contribution in [-0.2, 0) is 12.8 Å². The van der Waals surface area contributed by atoms with Gasteiger partial charge in [0.2, 0.25) is 0 Å². The van der Waals surface area contributed by atoms with Crippen molar-refractivity contribution < 1.29 is 15.0 Å². The molecule has 2 N–H and O–H groups in total. The lowest BCUT2D eigenvalue weighted by Gasteiger charge is -2.11. The molecule has 0 atom stereocenters. The molecule has 0 aliphatic heterocycles. The van der Waals surface area contributed by atoms with Gasteiger partial charge in [-0.1, -0.05) is 38.1 Å². The molecule has 0 aliphatic rings. The van der Waals surface area contributed by atoms with E-state index in [2.05, 4.69) is 0 Å². The van der Waals surface area contributed by atoms with Gasteiger partial charge in [-0.15, -0.1) is 0 Å². The summed E-state index contributed by atoms with van der Waals surface area (Å²) in [6.45, 7) is 3.81. The predicted octanol–water partition coefficient (Wildman–Crippen LogP) is 3.45. The minimum absolute atomic E-state index is 0.0188. The average Bonchev–Trinajstić information content (AvgIpc) is 2.47. The van der Waals surface area contributed by atoms with E-state index in [1.165, 1.54) is 12.1 Å². The number of carbonyl (C=O) groups excluding carboxylic acids is 1. The number of aryl methyl sites for hydroxylation is 1. The molecule has 0 saturated carbocycles. The fourth-order valence-corrected chi connectivity index (χ4v) is 2.35. The molecule has 0 saturated heterocycles. The Balaban J connectivity index is 2.54. The van der Waals surface area contributed by atoms with Crippen molar-refractivity contribution in [3.05, 3.63) is 58.7 Å². The number of benzene rings is 2. The van der Waals surface area contributed by atoms with E-state index in [4.69, 9.17) is 0 Å². The number of rotatable bonds is 4. The van der Waals surface area contributed by atoms with E-state index in [1.54, 1.807) is 6.07 Å². The first-order chi connectivity index (χ1) is 9.60. The molecule has 104 valence electrons. The Morgan fingerprint density at radius 2 is 1.65 bits per heavy atom. The number of ketones is 1. The summed E-state index contributed by atoms with van der Waals surface area (Å²) < 4.78 is 0. The summed E-state index contributed by atoms with van der Waals surface area (Å²) in [4.78, 5) is 12.6. The molecule has 0 aromatic heterocycles. The van der Waals surface area contributed by atoms with Crippen LogP contribution in [0.25, 0.3) is 0 Å². The van der Waals surface area contributed by atoms with E-state index in [-0.39, 0.29) is 22.8 Å². The van der Waals surface area contributed by atoms with Gasteiger partial charge in [0.15, 0.2) is 5.78 Å². The highest BCUT2D eigenvalue weighted by molar-refractivity contribution is 6.11. The van der Waals surface area contributed by atoms with Gasteiger partial charge >= 0.3 is 0 Å². The first-order valence-electron chi connectivity index (χ1n) is 6.76. The number of phenolic OH excluding ortho intramolecular Hbond substituents is 2. The summed E-state index contributed by atoms with van der Waals surface area (Å²) >= 11 is 0. The fourth-order valence-electron chi connectivity index (χ4n) is 2.35. The van der Waals surface area contributed by atoms with Crippen molar-refractivity contribution in [3.8, 4) is 11.5 Å². The number of carbonyl (C=O) groups is 1. The number of aromatic hydroxyl groups is 2. The molecule has 2 aromatic carbocycles. The van der Waals surface area contributed by atoms with Gasteiger partial charge in [-0.2, -0.15) is 0 Å². The van der Waals surface area contributed by atoms with Gasteiger partial charge in [0.05, 0.1) is 5.56 Å². The van der Waals surface area contributed by atoms with E-state index < -0.39 is 0 Å². The van der Waals surface area contributed by atoms with Crippen LogP contribution in [0.4, 0.5) is 0 Å². The minimum atomic E-state index is -0.213. The average molecular weight is 270 g/mol. The molecule has 0 heterocycles. The molecule has 0 radical (unpaired) electrons. The van der Waals surface area contributed by atoms with Gasteiger partial charge in [-0.3, -0.25) is 4.79 Å². The van der Waals surface area contributed by atoms with Crippen LogP contribution in [0.3, 0.4) is 0 Å².